The Morgan fingerprint density at radius 1 is 1.35 bits per heavy atom. The number of benzene rings is 2. The molecule has 31 heavy (non-hydrogen) atoms. The van der Waals surface area contributed by atoms with Crippen LogP contribution in [0.5, 0.6) is 11.5 Å². The van der Waals surface area contributed by atoms with Crippen LogP contribution in [0.15, 0.2) is 52.6 Å². The fourth-order valence-corrected chi connectivity index (χ4v) is 2.93. The average Bonchev–Trinajstić information content (AvgIpc) is 3.16. The van der Waals surface area contributed by atoms with Crippen molar-refractivity contribution in [2.45, 2.75) is 13.5 Å². The summed E-state index contributed by atoms with van der Waals surface area (Å²) < 4.78 is 29.7. The molecule has 9 heteroatoms. The number of hydrogen-bond donors (Lipinski definition) is 1. The molecule has 3 rings (SSSR count). The van der Waals surface area contributed by atoms with Crippen LogP contribution in [0.1, 0.15) is 16.9 Å². The van der Waals surface area contributed by atoms with Crippen molar-refractivity contribution in [3.8, 4) is 17.6 Å². The summed E-state index contributed by atoms with van der Waals surface area (Å²) in [4.78, 5) is 12.3. The highest BCUT2D eigenvalue weighted by Crippen LogP contribution is 2.37. The zero-order valence-corrected chi connectivity index (χ0v) is 17.4. The third-order valence-electron chi connectivity index (χ3n) is 4.13. The first-order valence-corrected chi connectivity index (χ1v) is 9.39. The molecule has 158 valence electrons. The van der Waals surface area contributed by atoms with Gasteiger partial charge in [0.15, 0.2) is 17.3 Å². The number of hydrogen-bond acceptors (Lipinski definition) is 6. The zero-order valence-electron chi connectivity index (χ0n) is 16.6. The van der Waals surface area contributed by atoms with E-state index in [1.807, 2.05) is 6.07 Å². The SMILES string of the molecule is COc1cc(/C=C(/C#N)C(=O)Nc2cc(C)on2)cc(Cl)c1OCc1ccccc1F. The minimum atomic E-state index is -0.661. The van der Waals surface area contributed by atoms with Gasteiger partial charge in [-0.1, -0.05) is 35.0 Å². The van der Waals surface area contributed by atoms with Crippen LogP contribution >= 0.6 is 11.6 Å². The predicted octanol–water partition coefficient (Wildman–Crippen LogP) is 4.91. The van der Waals surface area contributed by atoms with Crippen LogP contribution in [-0.4, -0.2) is 18.2 Å². The minimum Gasteiger partial charge on any atom is -0.493 e. The van der Waals surface area contributed by atoms with Crippen molar-refractivity contribution in [1.29, 1.82) is 5.26 Å². The van der Waals surface area contributed by atoms with Crippen molar-refractivity contribution in [2.75, 3.05) is 12.4 Å². The summed E-state index contributed by atoms with van der Waals surface area (Å²) in [6, 6.07) is 12.6. The highest BCUT2D eigenvalue weighted by Gasteiger charge is 2.16. The van der Waals surface area contributed by atoms with Crippen molar-refractivity contribution in [3.05, 3.63) is 75.8 Å². The van der Waals surface area contributed by atoms with Gasteiger partial charge in [0.1, 0.15) is 29.8 Å². The monoisotopic (exact) mass is 441 g/mol. The number of ether oxygens (including phenoxy) is 2. The van der Waals surface area contributed by atoms with E-state index in [0.29, 0.717) is 16.9 Å². The van der Waals surface area contributed by atoms with Gasteiger partial charge in [-0.2, -0.15) is 5.26 Å². The lowest BCUT2D eigenvalue weighted by molar-refractivity contribution is -0.112. The molecule has 2 aromatic carbocycles. The van der Waals surface area contributed by atoms with E-state index >= 15 is 0 Å². The second-order valence-electron chi connectivity index (χ2n) is 6.36. The molecule has 0 radical (unpaired) electrons. The normalized spacial score (nSPS) is 11.0. The topological polar surface area (TPSA) is 97.4 Å². The first-order chi connectivity index (χ1) is 14.9. The Morgan fingerprint density at radius 3 is 2.77 bits per heavy atom. The fourth-order valence-electron chi connectivity index (χ4n) is 2.65. The number of rotatable bonds is 7. The number of carbonyl (C=O) groups excluding carboxylic acids is 1. The molecule has 0 aliphatic carbocycles. The maximum absolute atomic E-state index is 13.8. The molecule has 3 aromatic rings. The van der Waals surface area contributed by atoms with E-state index in [9.17, 15) is 14.4 Å². The third-order valence-corrected chi connectivity index (χ3v) is 4.41. The molecule has 0 spiro atoms. The molecule has 0 aliphatic heterocycles. The smallest absolute Gasteiger partial charge is 0.267 e. The van der Waals surface area contributed by atoms with Crippen molar-refractivity contribution in [1.82, 2.24) is 5.16 Å². The van der Waals surface area contributed by atoms with Crippen molar-refractivity contribution < 1.29 is 23.2 Å². The van der Waals surface area contributed by atoms with E-state index in [0.717, 1.165) is 0 Å². The van der Waals surface area contributed by atoms with Crippen LogP contribution in [0.25, 0.3) is 6.08 Å². The highest BCUT2D eigenvalue weighted by molar-refractivity contribution is 6.32. The molecule has 0 saturated heterocycles. The molecule has 0 fully saturated rings. The molecule has 1 heterocycles. The lowest BCUT2D eigenvalue weighted by atomic mass is 10.1. The summed E-state index contributed by atoms with van der Waals surface area (Å²) in [5.74, 6) is 0.122. The van der Waals surface area contributed by atoms with Crippen LogP contribution in [0.3, 0.4) is 0 Å². The molecule has 0 saturated carbocycles. The molecular weight excluding hydrogens is 425 g/mol. The Bertz CT molecular complexity index is 1180. The van der Waals surface area contributed by atoms with E-state index < -0.39 is 11.7 Å². The summed E-state index contributed by atoms with van der Waals surface area (Å²) in [6.45, 7) is 1.62. The quantitative estimate of drug-likeness (QED) is 0.413. The molecular formula is C22H17ClFN3O4. The standard InChI is InChI=1S/C22H17ClFN3O4/c1-13-7-20(27-31-13)26-22(28)16(11-25)8-14-9-17(23)21(19(10-14)29-2)30-12-15-5-3-4-6-18(15)24/h3-10H,12H2,1-2H3,(H,26,27,28)/b16-8-. The number of amides is 1. The molecule has 1 amide bonds. The van der Waals surface area contributed by atoms with Gasteiger partial charge >= 0.3 is 0 Å². The largest absolute Gasteiger partial charge is 0.493 e. The Labute approximate surface area is 182 Å². The number of nitrogens with zero attached hydrogens (tertiary/aromatic N) is 2. The number of nitrogens with one attached hydrogen (secondary N) is 1. The number of methoxy groups -OCH3 is 1. The Hall–Kier alpha value is -3.83. The van der Waals surface area contributed by atoms with Crippen molar-refractivity contribution in [3.63, 3.8) is 0 Å². The first-order valence-electron chi connectivity index (χ1n) is 9.01. The summed E-state index contributed by atoms with van der Waals surface area (Å²) in [5.41, 5.74) is 0.609. The Balaban J connectivity index is 1.82. The van der Waals surface area contributed by atoms with Crippen LogP contribution < -0.4 is 14.8 Å². The highest BCUT2D eigenvalue weighted by atomic mass is 35.5. The number of carbonyl (C=O) groups is 1. The van der Waals surface area contributed by atoms with Crippen molar-refractivity contribution in [2.24, 2.45) is 0 Å². The van der Waals surface area contributed by atoms with Gasteiger partial charge in [0, 0.05) is 11.6 Å². The van der Waals surface area contributed by atoms with E-state index in [4.69, 9.17) is 25.6 Å². The number of halogens is 2. The molecule has 1 N–H and O–H groups in total. The number of nitriles is 1. The number of aryl methyl sites for hydroxylation is 1. The second-order valence-corrected chi connectivity index (χ2v) is 6.77. The van der Waals surface area contributed by atoms with Gasteiger partial charge in [0.25, 0.3) is 5.91 Å². The maximum Gasteiger partial charge on any atom is 0.267 e. The molecule has 0 unspecified atom stereocenters. The van der Waals surface area contributed by atoms with Gasteiger partial charge in [-0.3, -0.25) is 4.79 Å². The second kappa shape index (κ2) is 9.78. The third kappa shape index (κ3) is 5.41. The molecule has 0 bridgehead atoms. The predicted molar refractivity (Wildman–Crippen MR) is 112 cm³/mol. The van der Waals surface area contributed by atoms with E-state index in [-0.39, 0.29) is 34.5 Å². The fraction of sp³-hybridized carbons (Fsp3) is 0.136. The van der Waals surface area contributed by atoms with Crippen LogP contribution in [0.4, 0.5) is 10.2 Å². The molecule has 0 atom stereocenters. The zero-order chi connectivity index (χ0) is 22.4. The van der Waals surface area contributed by atoms with Gasteiger partial charge in [-0.15, -0.1) is 0 Å². The molecule has 1 aromatic heterocycles. The van der Waals surface area contributed by atoms with Crippen LogP contribution in [-0.2, 0) is 11.4 Å². The molecule has 7 nitrogen and oxygen atoms in total. The Kier molecular flexibility index (Phi) is 6.90. The summed E-state index contributed by atoms with van der Waals surface area (Å²) in [6.07, 6.45) is 1.34. The summed E-state index contributed by atoms with van der Waals surface area (Å²) in [5, 5.41) is 15.7. The minimum absolute atomic E-state index is 0.0547. The summed E-state index contributed by atoms with van der Waals surface area (Å²) in [7, 11) is 1.42. The maximum atomic E-state index is 13.8. The lowest BCUT2D eigenvalue weighted by Crippen LogP contribution is -2.13. The van der Waals surface area contributed by atoms with Crippen LogP contribution in [0.2, 0.25) is 5.02 Å². The van der Waals surface area contributed by atoms with Gasteiger partial charge < -0.3 is 19.3 Å². The van der Waals surface area contributed by atoms with Crippen molar-refractivity contribution >= 4 is 29.4 Å². The van der Waals surface area contributed by atoms with Gasteiger partial charge in [-0.25, -0.2) is 4.39 Å². The number of aromatic nitrogens is 1. The van der Waals surface area contributed by atoms with Gasteiger partial charge in [-0.05, 0) is 36.8 Å². The molecule has 0 aliphatic rings. The van der Waals surface area contributed by atoms with E-state index in [2.05, 4.69) is 10.5 Å². The van der Waals surface area contributed by atoms with Gasteiger partial charge in [0.2, 0.25) is 0 Å². The van der Waals surface area contributed by atoms with Gasteiger partial charge in [0.05, 0.1) is 12.1 Å². The first kappa shape index (κ1) is 21.9. The lowest BCUT2D eigenvalue weighted by Gasteiger charge is -2.14. The van der Waals surface area contributed by atoms with E-state index in [1.165, 1.54) is 31.4 Å². The van der Waals surface area contributed by atoms with E-state index in [1.54, 1.807) is 31.2 Å². The average molecular weight is 442 g/mol. The number of anilines is 1. The van der Waals surface area contributed by atoms with Crippen LogP contribution in [0, 0.1) is 24.1 Å². The Morgan fingerprint density at radius 2 is 2.13 bits per heavy atom. The summed E-state index contributed by atoms with van der Waals surface area (Å²) >= 11 is 6.32.